The van der Waals surface area contributed by atoms with Crippen molar-refractivity contribution in [3.63, 3.8) is 0 Å². The summed E-state index contributed by atoms with van der Waals surface area (Å²) in [5.74, 6) is 0.674. The number of nitrogens with zero attached hydrogens (tertiary/aromatic N) is 3. The Bertz CT molecular complexity index is 788. The van der Waals surface area contributed by atoms with Crippen LogP contribution in [0, 0.1) is 5.92 Å². The number of carbonyl (C=O) groups is 2. The summed E-state index contributed by atoms with van der Waals surface area (Å²) in [6.45, 7) is 8.16. The van der Waals surface area contributed by atoms with Crippen LogP contribution in [0.1, 0.15) is 42.5 Å². The monoisotopic (exact) mass is 520 g/mol. The third kappa shape index (κ3) is 6.78. The van der Waals surface area contributed by atoms with E-state index >= 15 is 0 Å². The summed E-state index contributed by atoms with van der Waals surface area (Å²) < 4.78 is 6.32. The summed E-state index contributed by atoms with van der Waals surface area (Å²) in [6.07, 6.45) is 5.66. The molecule has 0 aromatic heterocycles. The standard InChI is InChI=1S/C25H37BrN4O3/c26-22-8-3-7-21(19-22)25(32)30-13-11-29(12-14-30)23(20-5-1-2-6-20)24(31)27-9-4-10-28-15-17-33-18-16-28/h3,7-8,19-20,23H,1-2,4-6,9-18H2,(H,27,31)/t23-/m1/s1. The van der Waals surface area contributed by atoms with E-state index in [0.717, 1.165) is 76.2 Å². The predicted octanol–water partition coefficient (Wildman–Crippen LogP) is 2.60. The fourth-order valence-electron chi connectivity index (χ4n) is 5.40. The molecule has 3 fully saturated rings. The Hall–Kier alpha value is -1.48. The van der Waals surface area contributed by atoms with Gasteiger partial charge < -0.3 is 15.0 Å². The second-order valence-corrected chi connectivity index (χ2v) is 10.3. The zero-order valence-corrected chi connectivity index (χ0v) is 21.1. The fourth-order valence-corrected chi connectivity index (χ4v) is 5.80. The van der Waals surface area contributed by atoms with Crippen LogP contribution in [0.25, 0.3) is 0 Å². The molecule has 1 N–H and O–H groups in total. The molecule has 1 atom stereocenters. The lowest BCUT2D eigenvalue weighted by atomic mass is 9.95. The summed E-state index contributed by atoms with van der Waals surface area (Å²) in [6, 6.07) is 7.50. The van der Waals surface area contributed by atoms with E-state index in [9.17, 15) is 9.59 Å². The number of hydrogen-bond donors (Lipinski definition) is 1. The largest absolute Gasteiger partial charge is 0.379 e. The zero-order valence-electron chi connectivity index (χ0n) is 19.5. The maximum absolute atomic E-state index is 13.3. The molecule has 7 nitrogen and oxygen atoms in total. The average molecular weight is 522 g/mol. The highest BCUT2D eigenvalue weighted by Crippen LogP contribution is 2.31. The molecule has 2 amide bonds. The van der Waals surface area contributed by atoms with Gasteiger partial charge in [0.05, 0.1) is 19.3 Å². The second-order valence-electron chi connectivity index (χ2n) is 9.43. The minimum atomic E-state index is -0.0704. The maximum Gasteiger partial charge on any atom is 0.253 e. The Balaban J connectivity index is 1.28. The number of hydrogen-bond acceptors (Lipinski definition) is 5. The normalized spacial score (nSPS) is 21.8. The molecule has 4 rings (SSSR count). The topological polar surface area (TPSA) is 65.1 Å². The average Bonchev–Trinajstić information content (AvgIpc) is 3.37. The SMILES string of the molecule is O=C(NCCCN1CCOCC1)[C@@H](C1CCCC1)N1CCN(C(=O)c2cccc(Br)c2)CC1. The molecule has 0 spiro atoms. The van der Waals surface area contributed by atoms with E-state index in [2.05, 4.69) is 31.0 Å². The van der Waals surface area contributed by atoms with Crippen LogP contribution < -0.4 is 5.32 Å². The molecule has 2 saturated heterocycles. The summed E-state index contributed by atoms with van der Waals surface area (Å²) in [4.78, 5) is 32.9. The maximum atomic E-state index is 13.3. The van der Waals surface area contributed by atoms with Gasteiger partial charge in [-0.25, -0.2) is 0 Å². The predicted molar refractivity (Wildman–Crippen MR) is 132 cm³/mol. The molecule has 2 aliphatic heterocycles. The lowest BCUT2D eigenvalue weighted by Gasteiger charge is -2.40. The first-order valence-electron chi connectivity index (χ1n) is 12.5. The molecule has 0 unspecified atom stereocenters. The molecule has 0 radical (unpaired) electrons. The van der Waals surface area contributed by atoms with Gasteiger partial charge >= 0.3 is 0 Å². The molecule has 8 heteroatoms. The first-order valence-corrected chi connectivity index (χ1v) is 13.3. The molecular weight excluding hydrogens is 484 g/mol. The number of piperazine rings is 1. The van der Waals surface area contributed by atoms with Crippen molar-refractivity contribution in [2.24, 2.45) is 5.92 Å². The van der Waals surface area contributed by atoms with Gasteiger partial charge in [-0.15, -0.1) is 0 Å². The van der Waals surface area contributed by atoms with E-state index in [1.165, 1.54) is 12.8 Å². The molecule has 0 bridgehead atoms. The summed E-state index contributed by atoms with van der Waals surface area (Å²) in [5.41, 5.74) is 0.711. The number of amides is 2. The van der Waals surface area contributed by atoms with Crippen molar-refractivity contribution in [1.29, 1.82) is 0 Å². The van der Waals surface area contributed by atoms with Crippen LogP contribution >= 0.6 is 15.9 Å². The van der Waals surface area contributed by atoms with Gasteiger partial charge in [0.1, 0.15) is 0 Å². The highest BCUT2D eigenvalue weighted by Gasteiger charge is 2.37. The van der Waals surface area contributed by atoms with E-state index in [0.29, 0.717) is 24.6 Å². The van der Waals surface area contributed by atoms with Gasteiger partial charge in [0, 0.05) is 55.8 Å². The van der Waals surface area contributed by atoms with Gasteiger partial charge in [-0.05, 0) is 49.9 Å². The second kappa shape index (κ2) is 12.3. The number of carbonyl (C=O) groups excluding carboxylic acids is 2. The minimum Gasteiger partial charge on any atom is -0.379 e. The minimum absolute atomic E-state index is 0.0703. The highest BCUT2D eigenvalue weighted by atomic mass is 79.9. The molecule has 33 heavy (non-hydrogen) atoms. The van der Waals surface area contributed by atoms with E-state index in [1.807, 2.05) is 29.2 Å². The number of benzene rings is 1. The summed E-state index contributed by atoms with van der Waals surface area (Å²) >= 11 is 3.45. The van der Waals surface area contributed by atoms with Gasteiger partial charge in [-0.1, -0.05) is 34.8 Å². The molecule has 2 heterocycles. The van der Waals surface area contributed by atoms with E-state index < -0.39 is 0 Å². The molecule has 3 aliphatic rings. The molecule has 182 valence electrons. The number of halogens is 1. The Morgan fingerprint density at radius 1 is 1.06 bits per heavy atom. The van der Waals surface area contributed by atoms with Crippen LogP contribution in [0.4, 0.5) is 0 Å². The quantitative estimate of drug-likeness (QED) is 0.533. The van der Waals surface area contributed by atoms with Gasteiger partial charge in [0.15, 0.2) is 0 Å². The van der Waals surface area contributed by atoms with Crippen molar-refractivity contribution < 1.29 is 14.3 Å². The lowest BCUT2D eigenvalue weighted by molar-refractivity contribution is -0.129. The first-order chi connectivity index (χ1) is 16.1. The molecule has 1 aromatic carbocycles. The lowest BCUT2D eigenvalue weighted by Crippen LogP contribution is -2.58. The first kappa shape index (κ1) is 24.6. The van der Waals surface area contributed by atoms with Crippen LogP contribution in [-0.4, -0.2) is 98.1 Å². The van der Waals surface area contributed by atoms with E-state index in [4.69, 9.17) is 4.74 Å². The van der Waals surface area contributed by atoms with E-state index in [-0.39, 0.29) is 17.9 Å². The van der Waals surface area contributed by atoms with Crippen LogP contribution in [0.5, 0.6) is 0 Å². The zero-order chi connectivity index (χ0) is 23.0. The number of nitrogens with one attached hydrogen (secondary N) is 1. The third-order valence-corrected chi connectivity index (χ3v) is 7.73. The molecule has 1 aromatic rings. The Morgan fingerprint density at radius 3 is 2.48 bits per heavy atom. The van der Waals surface area contributed by atoms with E-state index in [1.54, 1.807) is 0 Å². The summed E-state index contributed by atoms with van der Waals surface area (Å²) in [5, 5.41) is 3.24. The Kier molecular flexibility index (Phi) is 9.18. The van der Waals surface area contributed by atoms with Crippen LogP contribution in [-0.2, 0) is 9.53 Å². The van der Waals surface area contributed by atoms with Crippen molar-refractivity contribution in [3.05, 3.63) is 34.3 Å². The smallest absolute Gasteiger partial charge is 0.253 e. The number of morpholine rings is 1. The van der Waals surface area contributed by atoms with Gasteiger partial charge in [-0.2, -0.15) is 0 Å². The van der Waals surface area contributed by atoms with Gasteiger partial charge in [0.2, 0.25) is 5.91 Å². The Labute approximate surface area is 205 Å². The van der Waals surface area contributed by atoms with Crippen molar-refractivity contribution in [3.8, 4) is 0 Å². The fraction of sp³-hybridized carbons (Fsp3) is 0.680. The van der Waals surface area contributed by atoms with Crippen molar-refractivity contribution >= 4 is 27.7 Å². The van der Waals surface area contributed by atoms with Crippen molar-refractivity contribution in [2.45, 2.75) is 38.1 Å². The molecule has 1 aliphatic carbocycles. The third-order valence-electron chi connectivity index (χ3n) is 7.24. The highest BCUT2D eigenvalue weighted by molar-refractivity contribution is 9.10. The van der Waals surface area contributed by atoms with Crippen molar-refractivity contribution in [1.82, 2.24) is 20.0 Å². The molecule has 1 saturated carbocycles. The number of ether oxygens (including phenoxy) is 1. The summed E-state index contributed by atoms with van der Waals surface area (Å²) in [7, 11) is 0. The van der Waals surface area contributed by atoms with Crippen LogP contribution in [0.2, 0.25) is 0 Å². The van der Waals surface area contributed by atoms with Crippen molar-refractivity contribution in [2.75, 3.05) is 65.6 Å². The van der Waals surface area contributed by atoms with Crippen LogP contribution in [0.3, 0.4) is 0 Å². The molecular formula is C25H37BrN4O3. The Morgan fingerprint density at radius 2 is 1.79 bits per heavy atom. The van der Waals surface area contributed by atoms with Gasteiger partial charge in [0.25, 0.3) is 5.91 Å². The van der Waals surface area contributed by atoms with Crippen LogP contribution in [0.15, 0.2) is 28.7 Å². The number of rotatable bonds is 8. The van der Waals surface area contributed by atoms with Gasteiger partial charge in [-0.3, -0.25) is 19.4 Å².